The van der Waals surface area contributed by atoms with E-state index >= 15 is 0 Å². The third kappa shape index (κ3) is 3.23. The van der Waals surface area contributed by atoms with E-state index in [-0.39, 0.29) is 0 Å². The predicted molar refractivity (Wildman–Crippen MR) is 76.4 cm³/mol. The lowest BCUT2D eigenvalue weighted by molar-refractivity contribution is -0.119. The van der Waals surface area contributed by atoms with Crippen LogP contribution in [-0.4, -0.2) is 17.3 Å². The minimum Gasteiger partial charge on any atom is -0.307 e. The molecule has 98 valence electrons. The van der Waals surface area contributed by atoms with E-state index < -0.39 is 17.3 Å². The van der Waals surface area contributed by atoms with Gasteiger partial charge in [-0.25, -0.2) is 4.79 Å². The van der Waals surface area contributed by atoms with Crippen LogP contribution in [0.5, 0.6) is 0 Å². The summed E-state index contributed by atoms with van der Waals surface area (Å²) >= 11 is 5.58. The highest BCUT2D eigenvalue weighted by molar-refractivity contribution is 6.31. The van der Waals surface area contributed by atoms with Gasteiger partial charge in [-0.2, -0.15) is 0 Å². The second kappa shape index (κ2) is 5.71. The number of nitrogens with one attached hydrogen (secondary N) is 2. The van der Waals surface area contributed by atoms with Gasteiger partial charge in [0.25, 0.3) is 0 Å². The first-order chi connectivity index (χ1) is 9.08. The summed E-state index contributed by atoms with van der Waals surface area (Å²) in [6, 6.07) is 12.6. The quantitative estimate of drug-likeness (QED) is 0.828. The van der Waals surface area contributed by atoms with E-state index in [2.05, 4.69) is 10.6 Å². The van der Waals surface area contributed by atoms with Crippen LogP contribution in [0.3, 0.4) is 0 Å². The minimum atomic E-state index is -0.752. The van der Waals surface area contributed by atoms with Gasteiger partial charge in [-0.15, -0.1) is 11.6 Å². The average Bonchev–Trinajstić information content (AvgIpc) is 2.39. The summed E-state index contributed by atoms with van der Waals surface area (Å²) in [5.74, 6) is -0.528. The number of hydrogen-bond donors (Lipinski definition) is 2. The van der Waals surface area contributed by atoms with E-state index in [0.717, 1.165) is 10.8 Å². The van der Waals surface area contributed by atoms with E-state index in [1.54, 1.807) is 6.07 Å². The van der Waals surface area contributed by atoms with E-state index in [1.165, 1.54) is 6.92 Å². The molecule has 3 amide bonds. The number of carbonyl (C=O) groups is 2. The van der Waals surface area contributed by atoms with Gasteiger partial charge in [0.2, 0.25) is 5.91 Å². The molecule has 0 saturated carbocycles. The predicted octanol–water partition coefficient (Wildman–Crippen LogP) is 3.12. The average molecular weight is 277 g/mol. The number of hydrogen-bond acceptors (Lipinski definition) is 2. The Bertz CT molecular complexity index is 620. The minimum absolute atomic E-state index is 0.528. The molecule has 0 spiro atoms. The molecule has 2 aromatic carbocycles. The summed E-state index contributed by atoms with van der Waals surface area (Å²) in [6.07, 6.45) is 0. The molecule has 0 saturated heterocycles. The van der Waals surface area contributed by atoms with Crippen molar-refractivity contribution >= 4 is 40.0 Å². The maximum atomic E-state index is 11.7. The van der Waals surface area contributed by atoms with Crippen molar-refractivity contribution in [2.24, 2.45) is 0 Å². The highest BCUT2D eigenvalue weighted by atomic mass is 35.5. The van der Waals surface area contributed by atoms with Crippen LogP contribution in [0.15, 0.2) is 42.5 Å². The van der Waals surface area contributed by atoms with Crippen LogP contribution in [0.2, 0.25) is 0 Å². The molecule has 0 fully saturated rings. The van der Waals surface area contributed by atoms with Gasteiger partial charge in [0.1, 0.15) is 5.38 Å². The molecular formula is C14H13ClN2O2. The summed E-state index contributed by atoms with van der Waals surface area (Å²) in [5, 5.41) is 5.98. The zero-order chi connectivity index (χ0) is 13.8. The normalized spacial score (nSPS) is 11.9. The van der Waals surface area contributed by atoms with Crippen molar-refractivity contribution in [2.75, 3.05) is 5.32 Å². The fourth-order valence-electron chi connectivity index (χ4n) is 1.70. The molecule has 0 aliphatic heterocycles. The molecule has 2 aromatic rings. The van der Waals surface area contributed by atoms with Gasteiger partial charge in [0, 0.05) is 5.39 Å². The second-order valence-electron chi connectivity index (χ2n) is 4.09. The number of anilines is 1. The van der Waals surface area contributed by atoms with Crippen LogP contribution in [0.4, 0.5) is 10.5 Å². The van der Waals surface area contributed by atoms with Crippen molar-refractivity contribution in [3.63, 3.8) is 0 Å². The van der Waals surface area contributed by atoms with Crippen molar-refractivity contribution in [1.82, 2.24) is 5.32 Å². The standard InChI is InChI=1S/C14H13ClN2O2/c1-9(15)13(18)17-14(19)16-12-8-4-6-10-5-2-3-7-11(10)12/h2-9H,1H3,(H2,16,17,18,19). The van der Waals surface area contributed by atoms with E-state index in [0.29, 0.717) is 5.69 Å². The Morgan fingerprint density at radius 2 is 1.79 bits per heavy atom. The lowest BCUT2D eigenvalue weighted by Crippen LogP contribution is -2.38. The summed E-state index contributed by atoms with van der Waals surface area (Å²) in [7, 11) is 0. The molecule has 1 atom stereocenters. The van der Waals surface area contributed by atoms with Gasteiger partial charge in [-0.05, 0) is 18.4 Å². The zero-order valence-corrected chi connectivity index (χ0v) is 11.1. The maximum absolute atomic E-state index is 11.7. The number of benzene rings is 2. The van der Waals surface area contributed by atoms with Crippen LogP contribution >= 0.6 is 11.6 Å². The number of alkyl halides is 1. The van der Waals surface area contributed by atoms with Crippen molar-refractivity contribution < 1.29 is 9.59 Å². The van der Waals surface area contributed by atoms with Crippen molar-refractivity contribution in [3.8, 4) is 0 Å². The highest BCUT2D eigenvalue weighted by Gasteiger charge is 2.13. The number of rotatable bonds is 2. The summed E-state index contributed by atoms with van der Waals surface area (Å²) in [4.78, 5) is 23.0. The van der Waals surface area contributed by atoms with Crippen LogP contribution in [-0.2, 0) is 4.79 Å². The number of imide groups is 1. The van der Waals surface area contributed by atoms with Gasteiger partial charge >= 0.3 is 6.03 Å². The van der Waals surface area contributed by atoms with Crippen LogP contribution < -0.4 is 10.6 Å². The molecule has 2 rings (SSSR count). The topological polar surface area (TPSA) is 58.2 Å². The van der Waals surface area contributed by atoms with Crippen LogP contribution in [0.1, 0.15) is 6.92 Å². The molecule has 19 heavy (non-hydrogen) atoms. The summed E-state index contributed by atoms with van der Waals surface area (Å²) < 4.78 is 0. The molecule has 0 aliphatic rings. The molecule has 0 aliphatic carbocycles. The summed E-state index contributed by atoms with van der Waals surface area (Å²) in [6.45, 7) is 1.50. The molecule has 0 aromatic heterocycles. The van der Waals surface area contributed by atoms with Gasteiger partial charge in [0.15, 0.2) is 0 Å². The summed E-state index contributed by atoms with van der Waals surface area (Å²) in [5.41, 5.74) is 0.644. The SMILES string of the molecule is CC(Cl)C(=O)NC(=O)Nc1cccc2ccccc12. The number of fused-ring (bicyclic) bond motifs is 1. The Balaban J connectivity index is 2.18. The number of carbonyl (C=O) groups excluding carboxylic acids is 2. The first-order valence-electron chi connectivity index (χ1n) is 5.81. The third-order valence-electron chi connectivity index (χ3n) is 2.64. The zero-order valence-electron chi connectivity index (χ0n) is 10.3. The Morgan fingerprint density at radius 3 is 2.53 bits per heavy atom. The molecule has 0 bridgehead atoms. The van der Waals surface area contributed by atoms with Gasteiger partial charge in [-0.3, -0.25) is 10.1 Å². The lowest BCUT2D eigenvalue weighted by Gasteiger charge is -2.10. The van der Waals surface area contributed by atoms with Gasteiger partial charge in [0.05, 0.1) is 5.69 Å². The van der Waals surface area contributed by atoms with Crippen molar-refractivity contribution in [1.29, 1.82) is 0 Å². The smallest absolute Gasteiger partial charge is 0.307 e. The van der Waals surface area contributed by atoms with Crippen LogP contribution in [0, 0.1) is 0 Å². The Kier molecular flexibility index (Phi) is 4.02. The molecule has 5 heteroatoms. The van der Waals surface area contributed by atoms with Gasteiger partial charge in [-0.1, -0.05) is 36.4 Å². The second-order valence-corrected chi connectivity index (χ2v) is 4.74. The van der Waals surface area contributed by atoms with Gasteiger partial charge < -0.3 is 5.32 Å². The number of amides is 3. The Morgan fingerprint density at radius 1 is 1.11 bits per heavy atom. The first kappa shape index (κ1) is 13.4. The lowest BCUT2D eigenvalue weighted by atomic mass is 10.1. The monoisotopic (exact) mass is 276 g/mol. The molecule has 1 unspecified atom stereocenters. The molecule has 0 heterocycles. The van der Waals surface area contributed by atoms with Crippen molar-refractivity contribution in [2.45, 2.75) is 12.3 Å². The molecule has 2 N–H and O–H groups in total. The molecule has 4 nitrogen and oxygen atoms in total. The number of halogens is 1. The Hall–Kier alpha value is -2.07. The van der Waals surface area contributed by atoms with E-state index in [4.69, 9.17) is 11.6 Å². The fraction of sp³-hybridized carbons (Fsp3) is 0.143. The van der Waals surface area contributed by atoms with E-state index in [9.17, 15) is 9.59 Å². The first-order valence-corrected chi connectivity index (χ1v) is 6.25. The Labute approximate surface area is 115 Å². The fourth-order valence-corrected chi connectivity index (χ4v) is 1.75. The largest absolute Gasteiger partial charge is 0.325 e. The molecular weight excluding hydrogens is 264 g/mol. The molecule has 0 radical (unpaired) electrons. The maximum Gasteiger partial charge on any atom is 0.325 e. The van der Waals surface area contributed by atoms with E-state index in [1.807, 2.05) is 36.4 Å². The third-order valence-corrected chi connectivity index (χ3v) is 2.83. The number of urea groups is 1. The highest BCUT2D eigenvalue weighted by Crippen LogP contribution is 2.22. The van der Waals surface area contributed by atoms with Crippen LogP contribution in [0.25, 0.3) is 10.8 Å². The van der Waals surface area contributed by atoms with Crippen molar-refractivity contribution in [3.05, 3.63) is 42.5 Å².